The van der Waals surface area contributed by atoms with E-state index in [1.54, 1.807) is 0 Å². The van der Waals surface area contributed by atoms with Gasteiger partial charge in [0, 0.05) is 5.39 Å². The van der Waals surface area contributed by atoms with Gasteiger partial charge >= 0.3 is 5.97 Å². The van der Waals surface area contributed by atoms with Gasteiger partial charge in [0.2, 0.25) is 0 Å². The minimum absolute atomic E-state index is 0.0777. The number of fused-ring (bicyclic) bond motifs is 1. The summed E-state index contributed by atoms with van der Waals surface area (Å²) in [6.07, 6.45) is 0. The predicted molar refractivity (Wildman–Crippen MR) is 86.6 cm³/mol. The lowest BCUT2D eigenvalue weighted by atomic mass is 10.0. The number of nitrogens with one attached hydrogen (secondary N) is 2. The van der Waals surface area contributed by atoms with Crippen LogP contribution >= 0.6 is 0 Å². The Labute approximate surface area is 130 Å². The van der Waals surface area contributed by atoms with E-state index in [-0.39, 0.29) is 11.9 Å². The zero-order chi connectivity index (χ0) is 16.1. The van der Waals surface area contributed by atoms with Gasteiger partial charge in [0.1, 0.15) is 17.7 Å². The van der Waals surface area contributed by atoms with E-state index in [4.69, 9.17) is 4.74 Å². The molecule has 0 saturated heterocycles. The summed E-state index contributed by atoms with van der Waals surface area (Å²) in [6.45, 7) is 4.49. The van der Waals surface area contributed by atoms with Gasteiger partial charge in [-0.2, -0.15) is 0 Å². The van der Waals surface area contributed by atoms with Crippen LogP contribution in [0.1, 0.15) is 19.7 Å². The van der Waals surface area contributed by atoms with Gasteiger partial charge in [0.05, 0.1) is 19.2 Å². The van der Waals surface area contributed by atoms with Crippen molar-refractivity contribution in [3.8, 4) is 0 Å². The van der Waals surface area contributed by atoms with Crippen molar-refractivity contribution in [2.75, 3.05) is 19.5 Å². The Morgan fingerprint density at radius 1 is 1.27 bits per heavy atom. The van der Waals surface area contributed by atoms with E-state index in [0.29, 0.717) is 18.2 Å². The number of nitrogens with zero attached hydrogens (tertiary/aromatic N) is 2. The monoisotopic (exact) mass is 302 g/mol. The Hall–Kier alpha value is -2.21. The highest BCUT2D eigenvalue weighted by Crippen LogP contribution is 2.22. The van der Waals surface area contributed by atoms with Crippen molar-refractivity contribution in [1.82, 2.24) is 15.3 Å². The van der Waals surface area contributed by atoms with Gasteiger partial charge in [-0.3, -0.25) is 0 Å². The Balaban J connectivity index is 2.45. The average molecular weight is 302 g/mol. The number of anilines is 1. The van der Waals surface area contributed by atoms with E-state index in [9.17, 15) is 4.79 Å². The molecule has 2 aromatic rings. The van der Waals surface area contributed by atoms with Crippen LogP contribution in [-0.2, 0) is 16.1 Å². The largest absolute Gasteiger partial charge is 0.467 e. The molecule has 0 aliphatic carbocycles. The molecule has 1 aromatic carbocycles. The fourth-order valence-electron chi connectivity index (χ4n) is 2.24. The van der Waals surface area contributed by atoms with Gasteiger partial charge < -0.3 is 15.4 Å². The summed E-state index contributed by atoms with van der Waals surface area (Å²) in [6, 6.07) is 7.28. The smallest absolute Gasteiger partial charge is 0.328 e. The molecule has 0 bridgehead atoms. The number of esters is 1. The van der Waals surface area contributed by atoms with Gasteiger partial charge in [0.15, 0.2) is 0 Å². The van der Waals surface area contributed by atoms with E-state index >= 15 is 0 Å². The minimum Gasteiger partial charge on any atom is -0.467 e. The Kier molecular flexibility index (Phi) is 5.27. The fourth-order valence-corrected chi connectivity index (χ4v) is 2.24. The number of rotatable bonds is 6. The lowest BCUT2D eigenvalue weighted by Crippen LogP contribution is -2.36. The number of carbonyl (C=O) groups excluding carboxylic acids is 1. The first-order valence-electron chi connectivity index (χ1n) is 7.31. The van der Waals surface area contributed by atoms with Crippen LogP contribution in [0.25, 0.3) is 10.9 Å². The second kappa shape index (κ2) is 7.17. The van der Waals surface area contributed by atoms with Crippen molar-refractivity contribution < 1.29 is 9.53 Å². The molecule has 0 fully saturated rings. The molecule has 0 spiro atoms. The molecular formula is C16H22N4O2. The summed E-state index contributed by atoms with van der Waals surface area (Å²) in [7, 11) is 3.24. The highest BCUT2D eigenvalue weighted by Gasteiger charge is 2.24. The van der Waals surface area contributed by atoms with E-state index in [1.165, 1.54) is 7.11 Å². The summed E-state index contributed by atoms with van der Waals surface area (Å²) in [5.41, 5.74) is 0.845. The number of carbonyl (C=O) groups is 1. The molecule has 2 rings (SSSR count). The molecule has 22 heavy (non-hydrogen) atoms. The number of aromatic nitrogens is 2. The molecule has 1 heterocycles. The van der Waals surface area contributed by atoms with E-state index < -0.39 is 6.04 Å². The highest BCUT2D eigenvalue weighted by molar-refractivity contribution is 5.91. The predicted octanol–water partition coefficient (Wildman–Crippen LogP) is 1.96. The van der Waals surface area contributed by atoms with Crippen molar-refractivity contribution >= 4 is 22.7 Å². The van der Waals surface area contributed by atoms with Crippen molar-refractivity contribution in [3.63, 3.8) is 0 Å². The normalized spacial score (nSPS) is 12.4. The summed E-state index contributed by atoms with van der Waals surface area (Å²) >= 11 is 0. The summed E-state index contributed by atoms with van der Waals surface area (Å²) < 4.78 is 4.88. The first-order valence-corrected chi connectivity index (χ1v) is 7.31. The molecule has 1 aromatic heterocycles. The first-order chi connectivity index (χ1) is 10.6. The summed E-state index contributed by atoms with van der Waals surface area (Å²) in [5, 5.41) is 7.15. The van der Waals surface area contributed by atoms with Crippen LogP contribution in [0.4, 0.5) is 5.82 Å². The lowest BCUT2D eigenvalue weighted by molar-refractivity contribution is -0.142. The number of para-hydroxylation sites is 1. The topological polar surface area (TPSA) is 76.1 Å². The zero-order valence-electron chi connectivity index (χ0n) is 13.4. The molecule has 0 unspecified atom stereocenters. The molecule has 0 aliphatic heterocycles. The van der Waals surface area contributed by atoms with Gasteiger partial charge in [-0.1, -0.05) is 26.0 Å². The Morgan fingerprint density at radius 3 is 2.64 bits per heavy atom. The van der Waals surface area contributed by atoms with E-state index in [2.05, 4.69) is 20.6 Å². The minimum atomic E-state index is -0.453. The van der Waals surface area contributed by atoms with Crippen molar-refractivity contribution in [2.24, 2.45) is 5.92 Å². The molecule has 118 valence electrons. The number of methoxy groups -OCH3 is 1. The Bertz CT molecular complexity index is 658. The van der Waals surface area contributed by atoms with Gasteiger partial charge in [-0.25, -0.2) is 14.8 Å². The van der Waals surface area contributed by atoms with Gasteiger partial charge in [-0.05, 0) is 25.1 Å². The average Bonchev–Trinajstić information content (AvgIpc) is 2.51. The molecule has 0 amide bonds. The maximum absolute atomic E-state index is 12.0. The molecule has 0 radical (unpaired) electrons. The third kappa shape index (κ3) is 3.51. The maximum atomic E-state index is 12.0. The lowest BCUT2D eigenvalue weighted by Gasteiger charge is -2.21. The number of ether oxygens (including phenoxy) is 1. The molecular weight excluding hydrogens is 280 g/mol. The van der Waals surface area contributed by atoms with Crippen LogP contribution in [0.2, 0.25) is 0 Å². The van der Waals surface area contributed by atoms with Crippen LogP contribution in [0.3, 0.4) is 0 Å². The number of hydrogen-bond donors (Lipinski definition) is 2. The summed E-state index contributed by atoms with van der Waals surface area (Å²) in [4.78, 5) is 21.0. The van der Waals surface area contributed by atoms with Crippen LogP contribution in [0, 0.1) is 5.92 Å². The molecule has 6 nitrogen and oxygen atoms in total. The number of hydrogen-bond acceptors (Lipinski definition) is 6. The summed E-state index contributed by atoms with van der Waals surface area (Å²) in [5.74, 6) is 1.11. The van der Waals surface area contributed by atoms with Crippen LogP contribution in [0.5, 0.6) is 0 Å². The third-order valence-corrected chi connectivity index (χ3v) is 3.40. The molecule has 0 saturated carbocycles. The van der Waals surface area contributed by atoms with E-state index in [0.717, 1.165) is 10.9 Å². The first kappa shape index (κ1) is 16.2. The molecule has 6 heteroatoms. The zero-order valence-corrected chi connectivity index (χ0v) is 13.4. The second-order valence-corrected chi connectivity index (χ2v) is 5.43. The Morgan fingerprint density at radius 2 is 2.00 bits per heavy atom. The highest BCUT2D eigenvalue weighted by atomic mass is 16.5. The van der Waals surface area contributed by atoms with Gasteiger partial charge in [0.25, 0.3) is 0 Å². The molecule has 0 aliphatic rings. The van der Waals surface area contributed by atoms with Crippen molar-refractivity contribution in [1.29, 1.82) is 0 Å². The van der Waals surface area contributed by atoms with Crippen molar-refractivity contribution in [2.45, 2.75) is 26.4 Å². The molecule has 1 atom stereocenters. The third-order valence-electron chi connectivity index (χ3n) is 3.40. The van der Waals surface area contributed by atoms with E-state index in [1.807, 2.05) is 45.2 Å². The van der Waals surface area contributed by atoms with Gasteiger partial charge in [-0.15, -0.1) is 0 Å². The standard InChI is InChI=1S/C16H22N4O2/c1-10(2)14(16(21)22-4)20-15-11-7-5-6-8-12(11)18-13(19-15)9-17-3/h5-8,10,14,17H,9H2,1-4H3,(H,18,19,20)/t14-/m0/s1. The quantitative estimate of drug-likeness (QED) is 0.794. The SMILES string of the molecule is CNCc1nc(N[C@H](C(=O)OC)C(C)C)c2ccccc2n1. The molecule has 2 N–H and O–H groups in total. The van der Waals surface area contributed by atoms with Crippen LogP contribution in [-0.4, -0.2) is 36.1 Å². The van der Waals surface area contributed by atoms with Crippen molar-refractivity contribution in [3.05, 3.63) is 30.1 Å². The second-order valence-electron chi connectivity index (χ2n) is 5.43. The van der Waals surface area contributed by atoms with Crippen LogP contribution in [0.15, 0.2) is 24.3 Å². The fraction of sp³-hybridized carbons (Fsp3) is 0.438. The van der Waals surface area contributed by atoms with Crippen LogP contribution < -0.4 is 10.6 Å². The number of benzene rings is 1. The maximum Gasteiger partial charge on any atom is 0.328 e.